The number of rotatable bonds is 7. The van der Waals surface area contributed by atoms with E-state index in [-0.39, 0.29) is 18.0 Å². The second kappa shape index (κ2) is 8.78. The van der Waals surface area contributed by atoms with Gasteiger partial charge in [-0.3, -0.25) is 14.3 Å². The highest BCUT2D eigenvalue weighted by Gasteiger charge is 2.14. The quantitative estimate of drug-likeness (QED) is 0.536. The summed E-state index contributed by atoms with van der Waals surface area (Å²) >= 11 is 0. The minimum Gasteiger partial charge on any atom is -0.353 e. The van der Waals surface area contributed by atoms with Crippen molar-refractivity contribution >= 4 is 27.7 Å². The van der Waals surface area contributed by atoms with Crippen LogP contribution in [0.3, 0.4) is 0 Å². The van der Waals surface area contributed by atoms with Crippen molar-refractivity contribution in [1.29, 1.82) is 0 Å². The van der Waals surface area contributed by atoms with Gasteiger partial charge in [0.05, 0.1) is 22.6 Å². The van der Waals surface area contributed by atoms with Crippen LogP contribution in [0.4, 0.5) is 0 Å². The molecular weight excluding hydrogens is 366 g/mol. The molecule has 29 heavy (non-hydrogen) atoms. The van der Waals surface area contributed by atoms with Gasteiger partial charge < -0.3 is 15.6 Å². The number of aromatic amines is 1. The van der Waals surface area contributed by atoms with Crippen molar-refractivity contribution in [2.24, 2.45) is 5.92 Å². The average molecular weight is 396 g/mol. The maximum absolute atomic E-state index is 12.4. The van der Waals surface area contributed by atoms with Crippen LogP contribution in [0.25, 0.3) is 21.8 Å². The Hall–Kier alpha value is -2.67. The van der Waals surface area contributed by atoms with E-state index in [9.17, 15) is 9.59 Å². The van der Waals surface area contributed by atoms with E-state index >= 15 is 0 Å². The van der Waals surface area contributed by atoms with Gasteiger partial charge in [0.2, 0.25) is 5.91 Å². The summed E-state index contributed by atoms with van der Waals surface area (Å²) in [7, 11) is 0. The van der Waals surface area contributed by atoms with Crippen molar-refractivity contribution in [3.8, 4) is 0 Å². The fourth-order valence-corrected chi connectivity index (χ4v) is 4.29. The number of hydrogen-bond donors (Lipinski definition) is 3. The van der Waals surface area contributed by atoms with E-state index in [0.717, 1.165) is 35.5 Å². The molecule has 3 aromatic rings. The first-order valence-corrected chi connectivity index (χ1v) is 10.6. The van der Waals surface area contributed by atoms with Crippen molar-refractivity contribution in [1.82, 2.24) is 25.4 Å². The van der Waals surface area contributed by atoms with Gasteiger partial charge in [-0.25, -0.2) is 0 Å². The molecule has 7 heteroatoms. The van der Waals surface area contributed by atoms with Crippen LogP contribution in [0.1, 0.15) is 37.7 Å². The minimum atomic E-state index is -0.185. The molecule has 1 fully saturated rings. The van der Waals surface area contributed by atoms with E-state index in [0.29, 0.717) is 17.4 Å². The Bertz CT molecular complexity index is 1060. The summed E-state index contributed by atoms with van der Waals surface area (Å²) in [6.45, 7) is 4.49. The Labute approximate surface area is 169 Å². The van der Waals surface area contributed by atoms with E-state index < -0.39 is 0 Å². The standard InChI is InChI=1S/C22H29N5O2/c1-15-7-8-19-17(11-15)21-18(22(29)26-19)13-25-27(21)14-20(28)24-10-9-23-12-16-5-3-2-4-6-16/h7-8,11,13,16,23H,2-6,9-10,12,14H2,1H3,(H,24,28)(H,26,29). The Balaban J connectivity index is 1.37. The van der Waals surface area contributed by atoms with Gasteiger partial charge in [-0.15, -0.1) is 0 Å². The highest BCUT2D eigenvalue weighted by molar-refractivity contribution is 6.03. The Morgan fingerprint density at radius 3 is 2.86 bits per heavy atom. The topological polar surface area (TPSA) is 91.8 Å². The van der Waals surface area contributed by atoms with E-state index in [1.165, 1.54) is 38.3 Å². The molecule has 0 bridgehead atoms. The normalized spacial score (nSPS) is 15.2. The number of aryl methyl sites for hydroxylation is 1. The van der Waals surface area contributed by atoms with Crippen molar-refractivity contribution in [2.75, 3.05) is 19.6 Å². The highest BCUT2D eigenvalue weighted by atomic mass is 16.2. The number of aromatic nitrogens is 3. The lowest BCUT2D eigenvalue weighted by molar-refractivity contribution is -0.121. The molecule has 1 aliphatic rings. The molecule has 2 aromatic heterocycles. The first kappa shape index (κ1) is 19.6. The predicted molar refractivity (Wildman–Crippen MR) is 115 cm³/mol. The Kier molecular flexibility index (Phi) is 5.94. The number of nitrogens with zero attached hydrogens (tertiary/aromatic N) is 2. The Morgan fingerprint density at radius 1 is 1.21 bits per heavy atom. The molecule has 1 aliphatic carbocycles. The lowest BCUT2D eigenvalue weighted by Gasteiger charge is -2.21. The number of pyridine rings is 1. The van der Waals surface area contributed by atoms with Crippen molar-refractivity contribution in [3.05, 3.63) is 40.3 Å². The largest absolute Gasteiger partial charge is 0.353 e. The average Bonchev–Trinajstić information content (AvgIpc) is 3.14. The SMILES string of the molecule is Cc1ccc2[nH]c(=O)c3cnn(CC(=O)NCCNCC4CCCCC4)c3c2c1. The van der Waals surface area contributed by atoms with Gasteiger partial charge >= 0.3 is 0 Å². The van der Waals surface area contributed by atoms with E-state index in [1.54, 1.807) is 4.68 Å². The molecule has 0 saturated heterocycles. The molecule has 4 rings (SSSR count). The summed E-state index contributed by atoms with van der Waals surface area (Å²) < 4.78 is 1.62. The van der Waals surface area contributed by atoms with E-state index in [2.05, 4.69) is 20.7 Å². The summed E-state index contributed by atoms with van der Waals surface area (Å²) in [5.74, 6) is 0.681. The second-order valence-electron chi connectivity index (χ2n) is 8.13. The molecule has 3 N–H and O–H groups in total. The van der Waals surface area contributed by atoms with Crippen molar-refractivity contribution in [2.45, 2.75) is 45.6 Å². The molecule has 0 spiro atoms. The fraction of sp³-hybridized carbons (Fsp3) is 0.500. The summed E-state index contributed by atoms with van der Waals surface area (Å²) in [6, 6.07) is 5.86. The molecule has 0 aliphatic heterocycles. The number of benzene rings is 1. The first-order valence-electron chi connectivity index (χ1n) is 10.6. The smallest absolute Gasteiger partial charge is 0.259 e. The van der Waals surface area contributed by atoms with Crippen LogP contribution in [0, 0.1) is 12.8 Å². The van der Waals surface area contributed by atoms with Gasteiger partial charge in [0.1, 0.15) is 6.54 Å². The third-order valence-corrected chi connectivity index (χ3v) is 5.84. The van der Waals surface area contributed by atoms with Gasteiger partial charge in [0.15, 0.2) is 0 Å². The van der Waals surface area contributed by atoms with Crippen LogP contribution in [0.15, 0.2) is 29.2 Å². The molecule has 7 nitrogen and oxygen atoms in total. The van der Waals surface area contributed by atoms with Crippen LogP contribution in [0.2, 0.25) is 0 Å². The van der Waals surface area contributed by atoms with Crippen LogP contribution in [-0.2, 0) is 11.3 Å². The third kappa shape index (κ3) is 4.50. The van der Waals surface area contributed by atoms with Gasteiger partial charge in [0.25, 0.3) is 5.56 Å². The number of fused-ring (bicyclic) bond motifs is 3. The van der Waals surface area contributed by atoms with Crippen LogP contribution >= 0.6 is 0 Å². The molecule has 0 atom stereocenters. The summed E-state index contributed by atoms with van der Waals surface area (Å²) in [6.07, 6.45) is 8.23. The number of amides is 1. The molecule has 0 radical (unpaired) electrons. The summed E-state index contributed by atoms with van der Waals surface area (Å²) in [5, 5.41) is 12.1. The van der Waals surface area contributed by atoms with Crippen molar-refractivity contribution in [3.63, 3.8) is 0 Å². The monoisotopic (exact) mass is 395 g/mol. The third-order valence-electron chi connectivity index (χ3n) is 5.84. The highest BCUT2D eigenvalue weighted by Crippen LogP contribution is 2.23. The molecule has 2 heterocycles. The summed E-state index contributed by atoms with van der Waals surface area (Å²) in [5.41, 5.74) is 2.36. The molecule has 1 saturated carbocycles. The maximum atomic E-state index is 12.4. The number of hydrogen-bond acceptors (Lipinski definition) is 4. The lowest BCUT2D eigenvalue weighted by atomic mass is 9.89. The lowest BCUT2D eigenvalue weighted by Crippen LogP contribution is -2.35. The zero-order chi connectivity index (χ0) is 20.2. The molecule has 154 valence electrons. The molecular formula is C22H29N5O2. The predicted octanol–water partition coefficient (Wildman–Crippen LogP) is 2.47. The van der Waals surface area contributed by atoms with E-state index in [4.69, 9.17) is 0 Å². The van der Waals surface area contributed by atoms with Gasteiger partial charge in [-0.1, -0.05) is 30.9 Å². The van der Waals surface area contributed by atoms with Gasteiger partial charge in [-0.05, 0) is 44.4 Å². The number of carbonyl (C=O) groups is 1. The Morgan fingerprint density at radius 2 is 2.03 bits per heavy atom. The van der Waals surface area contributed by atoms with Crippen LogP contribution in [0.5, 0.6) is 0 Å². The van der Waals surface area contributed by atoms with Crippen molar-refractivity contribution < 1.29 is 4.79 Å². The summed E-state index contributed by atoms with van der Waals surface area (Å²) in [4.78, 5) is 27.6. The zero-order valence-electron chi connectivity index (χ0n) is 17.0. The van der Waals surface area contributed by atoms with E-state index in [1.807, 2.05) is 25.1 Å². The zero-order valence-corrected chi connectivity index (χ0v) is 17.0. The molecule has 0 unspecified atom stereocenters. The molecule has 1 amide bonds. The van der Waals surface area contributed by atoms with Gasteiger partial charge in [0, 0.05) is 18.5 Å². The number of nitrogens with one attached hydrogen (secondary N) is 3. The van der Waals surface area contributed by atoms with Crippen LogP contribution in [-0.4, -0.2) is 40.3 Å². The van der Waals surface area contributed by atoms with Crippen LogP contribution < -0.4 is 16.2 Å². The minimum absolute atomic E-state index is 0.0959. The molecule has 1 aromatic carbocycles. The fourth-order valence-electron chi connectivity index (χ4n) is 4.29. The number of carbonyl (C=O) groups excluding carboxylic acids is 1. The number of H-pyrrole nitrogens is 1. The maximum Gasteiger partial charge on any atom is 0.259 e. The second-order valence-corrected chi connectivity index (χ2v) is 8.13. The van der Waals surface area contributed by atoms with Gasteiger partial charge in [-0.2, -0.15) is 5.10 Å². The first-order chi connectivity index (χ1) is 14.1.